The maximum atomic E-state index is 11.9. The molecule has 1 aliphatic rings. The average molecular weight is 247 g/mol. The van der Waals surface area contributed by atoms with E-state index in [0.29, 0.717) is 0 Å². The minimum atomic E-state index is -0.0753. The summed E-state index contributed by atoms with van der Waals surface area (Å²) in [5.74, 6) is 0.166. The van der Waals surface area contributed by atoms with E-state index < -0.39 is 0 Å². The number of carbonyl (C=O) groups excluding carboxylic acids is 1. The van der Waals surface area contributed by atoms with Gasteiger partial charge in [-0.05, 0) is 32.5 Å². The van der Waals surface area contributed by atoms with Crippen LogP contribution in [0, 0.1) is 12.8 Å². The molecule has 1 aromatic carbocycles. The number of likely N-dealkylation sites (tertiary alicyclic amines) is 1. The smallest absolute Gasteiger partial charge is 0.309 e. The van der Waals surface area contributed by atoms with Gasteiger partial charge in [-0.2, -0.15) is 0 Å². The molecular formula is C15H21NO2. The van der Waals surface area contributed by atoms with Crippen molar-refractivity contribution in [3.8, 4) is 0 Å². The van der Waals surface area contributed by atoms with Gasteiger partial charge in [0, 0.05) is 12.5 Å². The molecule has 0 radical (unpaired) electrons. The molecule has 3 nitrogen and oxygen atoms in total. The van der Waals surface area contributed by atoms with Crippen molar-refractivity contribution in [2.45, 2.75) is 19.3 Å². The first-order chi connectivity index (χ1) is 8.61. The van der Waals surface area contributed by atoms with Gasteiger partial charge in [0.15, 0.2) is 0 Å². The fourth-order valence-corrected chi connectivity index (χ4v) is 2.70. The Morgan fingerprint density at radius 1 is 1.33 bits per heavy atom. The monoisotopic (exact) mass is 247 g/mol. The number of methoxy groups -OCH3 is 1. The Hall–Kier alpha value is -1.35. The molecular weight excluding hydrogens is 226 g/mol. The zero-order valence-corrected chi connectivity index (χ0v) is 11.3. The van der Waals surface area contributed by atoms with Crippen LogP contribution < -0.4 is 0 Å². The predicted octanol–water partition coefficient (Wildman–Crippen LogP) is 2.20. The second-order valence-corrected chi connectivity index (χ2v) is 5.20. The fourth-order valence-electron chi connectivity index (χ4n) is 2.70. The van der Waals surface area contributed by atoms with Crippen LogP contribution >= 0.6 is 0 Å². The van der Waals surface area contributed by atoms with Gasteiger partial charge in [-0.1, -0.05) is 29.8 Å². The zero-order chi connectivity index (χ0) is 13.1. The van der Waals surface area contributed by atoms with Crippen molar-refractivity contribution in [2.75, 3.05) is 27.2 Å². The lowest BCUT2D eigenvalue weighted by Crippen LogP contribution is -2.40. The lowest BCUT2D eigenvalue weighted by molar-refractivity contribution is -0.147. The number of ether oxygens (including phenoxy) is 1. The van der Waals surface area contributed by atoms with Crippen LogP contribution in [0.15, 0.2) is 24.3 Å². The Balaban J connectivity index is 2.24. The molecule has 1 aliphatic heterocycles. The number of nitrogens with zero attached hydrogens (tertiary/aromatic N) is 1. The lowest BCUT2D eigenvalue weighted by atomic mass is 9.80. The molecule has 0 amide bonds. The van der Waals surface area contributed by atoms with Crippen LogP contribution in [-0.2, 0) is 9.53 Å². The van der Waals surface area contributed by atoms with Gasteiger partial charge in [0.05, 0.1) is 13.0 Å². The summed E-state index contributed by atoms with van der Waals surface area (Å²) in [5, 5.41) is 0. The van der Waals surface area contributed by atoms with E-state index >= 15 is 0 Å². The third-order valence-electron chi connectivity index (χ3n) is 3.83. The van der Waals surface area contributed by atoms with E-state index in [-0.39, 0.29) is 17.8 Å². The molecule has 98 valence electrons. The topological polar surface area (TPSA) is 29.5 Å². The van der Waals surface area contributed by atoms with Gasteiger partial charge in [0.1, 0.15) is 0 Å². The van der Waals surface area contributed by atoms with Gasteiger partial charge in [0.2, 0.25) is 0 Å². The molecule has 3 heteroatoms. The number of esters is 1. The molecule has 0 aliphatic carbocycles. The van der Waals surface area contributed by atoms with Crippen molar-refractivity contribution in [3.63, 3.8) is 0 Å². The average Bonchev–Trinajstić information content (AvgIpc) is 2.38. The normalized spacial score (nSPS) is 24.8. The van der Waals surface area contributed by atoms with Crippen LogP contribution in [0.25, 0.3) is 0 Å². The number of aryl methyl sites for hydroxylation is 1. The second-order valence-electron chi connectivity index (χ2n) is 5.20. The summed E-state index contributed by atoms with van der Waals surface area (Å²) in [5.41, 5.74) is 2.49. The van der Waals surface area contributed by atoms with Crippen molar-refractivity contribution in [1.29, 1.82) is 0 Å². The maximum Gasteiger partial charge on any atom is 0.309 e. The summed E-state index contributed by atoms with van der Waals surface area (Å²) in [6.07, 6.45) is 0.877. The van der Waals surface area contributed by atoms with Crippen molar-refractivity contribution in [2.24, 2.45) is 5.92 Å². The predicted molar refractivity (Wildman–Crippen MR) is 71.5 cm³/mol. The minimum Gasteiger partial charge on any atom is -0.469 e. The molecule has 2 atom stereocenters. The van der Waals surface area contributed by atoms with E-state index in [1.54, 1.807) is 0 Å². The molecule has 1 fully saturated rings. The molecule has 2 rings (SSSR count). The van der Waals surface area contributed by atoms with Gasteiger partial charge in [0.25, 0.3) is 0 Å². The Labute approximate surface area is 109 Å². The maximum absolute atomic E-state index is 11.9. The van der Waals surface area contributed by atoms with E-state index in [4.69, 9.17) is 4.74 Å². The van der Waals surface area contributed by atoms with E-state index in [1.165, 1.54) is 18.2 Å². The first-order valence-corrected chi connectivity index (χ1v) is 6.44. The van der Waals surface area contributed by atoms with Crippen LogP contribution in [0.3, 0.4) is 0 Å². The van der Waals surface area contributed by atoms with E-state index in [1.807, 2.05) is 0 Å². The lowest BCUT2D eigenvalue weighted by Gasteiger charge is -2.35. The quantitative estimate of drug-likeness (QED) is 0.750. The second kappa shape index (κ2) is 5.53. The van der Waals surface area contributed by atoms with Gasteiger partial charge in [-0.3, -0.25) is 4.79 Å². The van der Waals surface area contributed by atoms with Crippen LogP contribution in [0.2, 0.25) is 0 Å². The number of benzene rings is 1. The molecule has 0 N–H and O–H groups in total. The molecule has 0 bridgehead atoms. The summed E-state index contributed by atoms with van der Waals surface area (Å²) in [4.78, 5) is 14.2. The zero-order valence-electron chi connectivity index (χ0n) is 11.3. The van der Waals surface area contributed by atoms with Gasteiger partial charge in [-0.15, -0.1) is 0 Å². The molecule has 0 saturated carbocycles. The molecule has 1 saturated heterocycles. The van der Waals surface area contributed by atoms with Crippen LogP contribution in [0.4, 0.5) is 0 Å². The number of rotatable bonds is 2. The van der Waals surface area contributed by atoms with Gasteiger partial charge < -0.3 is 9.64 Å². The van der Waals surface area contributed by atoms with Crippen molar-refractivity contribution < 1.29 is 9.53 Å². The van der Waals surface area contributed by atoms with Crippen molar-refractivity contribution in [3.05, 3.63) is 35.4 Å². The van der Waals surface area contributed by atoms with Crippen molar-refractivity contribution >= 4 is 5.97 Å². The molecule has 18 heavy (non-hydrogen) atoms. The number of likely N-dealkylation sites (N-methyl/N-ethyl adjacent to an activating group) is 1. The van der Waals surface area contributed by atoms with E-state index in [9.17, 15) is 4.79 Å². The summed E-state index contributed by atoms with van der Waals surface area (Å²) in [6, 6.07) is 8.49. The molecule has 1 aromatic rings. The molecule has 2 unspecified atom stereocenters. The highest BCUT2D eigenvalue weighted by molar-refractivity contribution is 5.73. The number of piperidine rings is 1. The first kappa shape index (κ1) is 13.1. The summed E-state index contributed by atoms with van der Waals surface area (Å²) < 4.78 is 4.94. The van der Waals surface area contributed by atoms with Gasteiger partial charge >= 0.3 is 5.97 Å². The van der Waals surface area contributed by atoms with Crippen molar-refractivity contribution in [1.82, 2.24) is 4.90 Å². The molecule has 1 heterocycles. The summed E-state index contributed by atoms with van der Waals surface area (Å²) in [7, 11) is 3.58. The third-order valence-corrected chi connectivity index (χ3v) is 3.83. The number of hydrogen-bond donors (Lipinski definition) is 0. The first-order valence-electron chi connectivity index (χ1n) is 6.44. The minimum absolute atomic E-state index is 0.00564. The standard InChI is InChI=1S/C15H21NO2/c1-11-4-6-12(7-5-11)14-10-16(2)9-8-13(14)15(17)18-3/h4-7,13-14H,8-10H2,1-3H3. The molecule has 0 aromatic heterocycles. The van der Waals surface area contributed by atoms with Crippen LogP contribution in [-0.4, -0.2) is 38.1 Å². The highest BCUT2D eigenvalue weighted by Gasteiger charge is 2.34. The number of hydrogen-bond acceptors (Lipinski definition) is 3. The Kier molecular flexibility index (Phi) is 4.02. The highest BCUT2D eigenvalue weighted by Crippen LogP contribution is 2.32. The summed E-state index contributed by atoms with van der Waals surface area (Å²) in [6.45, 7) is 3.96. The Bertz CT molecular complexity index is 413. The fraction of sp³-hybridized carbons (Fsp3) is 0.533. The Morgan fingerprint density at radius 2 is 2.00 bits per heavy atom. The van der Waals surface area contributed by atoms with Crippen LogP contribution in [0.1, 0.15) is 23.5 Å². The Morgan fingerprint density at radius 3 is 2.61 bits per heavy atom. The SMILES string of the molecule is COC(=O)C1CCN(C)CC1c1ccc(C)cc1. The summed E-state index contributed by atoms with van der Waals surface area (Å²) >= 11 is 0. The van der Waals surface area contributed by atoms with Gasteiger partial charge in [-0.25, -0.2) is 0 Å². The molecule has 0 spiro atoms. The van der Waals surface area contributed by atoms with E-state index in [0.717, 1.165) is 19.5 Å². The van der Waals surface area contributed by atoms with E-state index in [2.05, 4.69) is 43.1 Å². The highest BCUT2D eigenvalue weighted by atomic mass is 16.5. The largest absolute Gasteiger partial charge is 0.469 e. The van der Waals surface area contributed by atoms with Crippen LogP contribution in [0.5, 0.6) is 0 Å². The number of carbonyl (C=O) groups is 1. The third kappa shape index (κ3) is 2.72.